The SMILES string of the molecule is CCNC(=NCCCCC(=O)OC)N1CCC(CN(CC)C(=O)OC(C)(C)C)CC1. The Morgan fingerprint density at radius 3 is 2.37 bits per heavy atom. The Kier molecular flexibility index (Phi) is 11.6. The molecule has 8 nitrogen and oxygen atoms in total. The molecule has 1 saturated heterocycles. The first-order chi connectivity index (χ1) is 14.2. The summed E-state index contributed by atoms with van der Waals surface area (Å²) in [7, 11) is 1.42. The second-order valence-corrected chi connectivity index (χ2v) is 8.72. The van der Waals surface area contributed by atoms with E-state index in [1.807, 2.05) is 32.6 Å². The summed E-state index contributed by atoms with van der Waals surface area (Å²) in [4.78, 5) is 32.4. The molecule has 1 aliphatic heterocycles. The molecule has 0 aromatic heterocycles. The van der Waals surface area contributed by atoms with Crippen LogP contribution in [0.3, 0.4) is 0 Å². The molecule has 0 aromatic carbocycles. The Labute approximate surface area is 182 Å². The average Bonchev–Trinajstić information content (AvgIpc) is 2.69. The van der Waals surface area contributed by atoms with Crippen LogP contribution in [-0.4, -0.2) is 79.8 Å². The number of carbonyl (C=O) groups is 2. The highest BCUT2D eigenvalue weighted by Gasteiger charge is 2.27. The van der Waals surface area contributed by atoms with Crippen LogP contribution in [0.25, 0.3) is 0 Å². The van der Waals surface area contributed by atoms with Crippen molar-refractivity contribution in [2.45, 2.75) is 72.3 Å². The zero-order chi connectivity index (χ0) is 22.6. The molecule has 0 bridgehead atoms. The van der Waals surface area contributed by atoms with Gasteiger partial charge in [-0.25, -0.2) is 4.79 Å². The summed E-state index contributed by atoms with van der Waals surface area (Å²) in [6.07, 6.45) is 3.91. The Bertz CT molecular complexity index is 552. The topological polar surface area (TPSA) is 83.5 Å². The van der Waals surface area contributed by atoms with Crippen LogP contribution in [0.5, 0.6) is 0 Å². The van der Waals surface area contributed by atoms with Gasteiger partial charge in [-0.2, -0.15) is 0 Å². The molecule has 0 saturated carbocycles. The fourth-order valence-electron chi connectivity index (χ4n) is 3.39. The van der Waals surface area contributed by atoms with E-state index in [1.165, 1.54) is 7.11 Å². The summed E-state index contributed by atoms with van der Waals surface area (Å²) in [6.45, 7) is 14.5. The van der Waals surface area contributed by atoms with Gasteiger partial charge in [0.05, 0.1) is 7.11 Å². The molecule has 0 unspecified atom stereocenters. The first-order valence-corrected chi connectivity index (χ1v) is 11.3. The minimum atomic E-state index is -0.470. The molecule has 1 N–H and O–H groups in total. The van der Waals surface area contributed by atoms with Gasteiger partial charge in [-0.1, -0.05) is 0 Å². The van der Waals surface area contributed by atoms with Crippen LogP contribution >= 0.6 is 0 Å². The highest BCUT2D eigenvalue weighted by atomic mass is 16.6. The van der Waals surface area contributed by atoms with Crippen LogP contribution in [0.2, 0.25) is 0 Å². The number of rotatable bonds is 9. The van der Waals surface area contributed by atoms with Gasteiger partial charge in [0, 0.05) is 45.7 Å². The molecule has 0 aliphatic carbocycles. The molecule has 1 rings (SSSR count). The molecule has 0 spiro atoms. The number of nitrogens with zero attached hydrogens (tertiary/aromatic N) is 3. The zero-order valence-corrected chi connectivity index (χ0v) is 19.8. The van der Waals surface area contributed by atoms with Gasteiger partial charge in [-0.05, 0) is 66.2 Å². The predicted octanol–water partition coefficient (Wildman–Crippen LogP) is 3.26. The lowest BCUT2D eigenvalue weighted by Crippen LogP contribution is -2.48. The van der Waals surface area contributed by atoms with Crippen molar-refractivity contribution in [3.05, 3.63) is 0 Å². The number of nitrogens with one attached hydrogen (secondary N) is 1. The predicted molar refractivity (Wildman–Crippen MR) is 120 cm³/mol. The van der Waals surface area contributed by atoms with E-state index in [0.717, 1.165) is 57.8 Å². The van der Waals surface area contributed by atoms with Crippen LogP contribution < -0.4 is 5.32 Å². The minimum Gasteiger partial charge on any atom is -0.469 e. The smallest absolute Gasteiger partial charge is 0.410 e. The number of amides is 1. The van der Waals surface area contributed by atoms with Gasteiger partial charge in [-0.3, -0.25) is 9.79 Å². The molecule has 0 aromatic rings. The van der Waals surface area contributed by atoms with E-state index in [0.29, 0.717) is 25.4 Å². The van der Waals surface area contributed by atoms with Crippen molar-refractivity contribution in [2.24, 2.45) is 10.9 Å². The van der Waals surface area contributed by atoms with E-state index < -0.39 is 5.60 Å². The van der Waals surface area contributed by atoms with Crippen LogP contribution in [0, 0.1) is 5.92 Å². The van der Waals surface area contributed by atoms with Crippen molar-refractivity contribution in [3.8, 4) is 0 Å². The normalized spacial score (nSPS) is 15.7. The molecule has 8 heteroatoms. The van der Waals surface area contributed by atoms with Crippen molar-refractivity contribution >= 4 is 18.0 Å². The summed E-state index contributed by atoms with van der Waals surface area (Å²) in [5, 5.41) is 3.37. The first-order valence-electron chi connectivity index (χ1n) is 11.3. The van der Waals surface area contributed by atoms with Gasteiger partial charge in [-0.15, -0.1) is 0 Å². The number of unbranched alkanes of at least 4 members (excludes halogenated alkanes) is 1. The molecule has 0 radical (unpaired) electrons. The van der Waals surface area contributed by atoms with E-state index in [9.17, 15) is 9.59 Å². The van der Waals surface area contributed by atoms with E-state index in [1.54, 1.807) is 0 Å². The Morgan fingerprint density at radius 1 is 1.17 bits per heavy atom. The number of likely N-dealkylation sites (tertiary alicyclic amines) is 1. The van der Waals surface area contributed by atoms with E-state index in [4.69, 9.17) is 9.73 Å². The first kappa shape index (κ1) is 26.0. The van der Waals surface area contributed by atoms with Crippen LogP contribution in [0.1, 0.15) is 66.7 Å². The summed E-state index contributed by atoms with van der Waals surface area (Å²) < 4.78 is 10.2. The van der Waals surface area contributed by atoms with E-state index in [-0.39, 0.29) is 12.1 Å². The standard InChI is InChI=1S/C22H42N4O4/c1-7-23-20(24-14-10-9-11-19(27)29-6)26-15-12-18(13-16-26)17-25(8-2)21(28)30-22(3,4)5/h18H,7-17H2,1-6H3,(H,23,24). The summed E-state index contributed by atoms with van der Waals surface area (Å²) in [5.41, 5.74) is -0.470. The van der Waals surface area contributed by atoms with Gasteiger partial charge in [0.1, 0.15) is 5.60 Å². The van der Waals surface area contributed by atoms with Crippen LogP contribution in [-0.2, 0) is 14.3 Å². The van der Waals surface area contributed by atoms with Crippen molar-refractivity contribution in [2.75, 3.05) is 46.4 Å². The third-order valence-electron chi connectivity index (χ3n) is 5.04. The Morgan fingerprint density at radius 2 is 1.83 bits per heavy atom. The molecule has 174 valence electrons. The summed E-state index contributed by atoms with van der Waals surface area (Å²) >= 11 is 0. The number of piperidine rings is 1. The lowest BCUT2D eigenvalue weighted by Gasteiger charge is -2.36. The van der Waals surface area contributed by atoms with Crippen molar-refractivity contribution in [1.29, 1.82) is 0 Å². The number of hydrogen-bond acceptors (Lipinski definition) is 5. The number of esters is 1. The van der Waals surface area contributed by atoms with Crippen molar-refractivity contribution in [3.63, 3.8) is 0 Å². The molecular formula is C22H42N4O4. The highest BCUT2D eigenvalue weighted by Crippen LogP contribution is 2.20. The number of ether oxygens (including phenoxy) is 2. The van der Waals surface area contributed by atoms with Crippen molar-refractivity contribution < 1.29 is 19.1 Å². The molecule has 0 atom stereocenters. The fraction of sp³-hybridized carbons (Fsp3) is 0.864. The second kappa shape index (κ2) is 13.3. The molecule has 1 aliphatic rings. The quantitative estimate of drug-likeness (QED) is 0.264. The number of aliphatic imine (C=N–C) groups is 1. The number of methoxy groups -OCH3 is 1. The molecule has 1 fully saturated rings. The zero-order valence-electron chi connectivity index (χ0n) is 19.8. The third-order valence-corrected chi connectivity index (χ3v) is 5.04. The second-order valence-electron chi connectivity index (χ2n) is 8.72. The van der Waals surface area contributed by atoms with Crippen LogP contribution in [0.4, 0.5) is 4.79 Å². The average molecular weight is 427 g/mol. The van der Waals surface area contributed by atoms with Gasteiger partial charge in [0.15, 0.2) is 5.96 Å². The summed E-state index contributed by atoms with van der Waals surface area (Å²) in [6, 6.07) is 0. The number of hydrogen-bond donors (Lipinski definition) is 1. The van der Waals surface area contributed by atoms with E-state index >= 15 is 0 Å². The van der Waals surface area contributed by atoms with Gasteiger partial charge < -0.3 is 24.6 Å². The maximum atomic E-state index is 12.4. The molecular weight excluding hydrogens is 384 g/mol. The van der Waals surface area contributed by atoms with Gasteiger partial charge in [0.2, 0.25) is 0 Å². The third kappa shape index (κ3) is 10.2. The maximum Gasteiger partial charge on any atom is 0.410 e. The van der Waals surface area contributed by atoms with Crippen LogP contribution in [0.15, 0.2) is 4.99 Å². The fourth-order valence-corrected chi connectivity index (χ4v) is 3.39. The lowest BCUT2D eigenvalue weighted by molar-refractivity contribution is -0.140. The molecule has 1 amide bonds. The largest absolute Gasteiger partial charge is 0.469 e. The monoisotopic (exact) mass is 426 g/mol. The molecule has 30 heavy (non-hydrogen) atoms. The van der Waals surface area contributed by atoms with Gasteiger partial charge in [0.25, 0.3) is 0 Å². The van der Waals surface area contributed by atoms with Crippen molar-refractivity contribution in [1.82, 2.24) is 15.1 Å². The lowest BCUT2D eigenvalue weighted by atomic mass is 9.96. The van der Waals surface area contributed by atoms with E-state index in [2.05, 4.69) is 21.9 Å². The maximum absolute atomic E-state index is 12.4. The Hall–Kier alpha value is -1.99. The molecule has 1 heterocycles. The van der Waals surface area contributed by atoms with Gasteiger partial charge >= 0.3 is 12.1 Å². The Balaban J connectivity index is 2.49. The number of guanidine groups is 1. The number of carbonyl (C=O) groups excluding carboxylic acids is 2. The minimum absolute atomic E-state index is 0.166. The highest BCUT2D eigenvalue weighted by molar-refractivity contribution is 5.80. The summed E-state index contributed by atoms with van der Waals surface area (Å²) in [5.74, 6) is 1.24.